The fourth-order valence-electron chi connectivity index (χ4n) is 10.1. The van der Waals surface area contributed by atoms with E-state index in [2.05, 4.69) is 217 Å². The largest absolute Gasteiger partial charge is 0.311 e. The maximum atomic E-state index is 2.56. The maximum Gasteiger partial charge on any atom is 0.115 e. The molecule has 1 atom stereocenters. The van der Waals surface area contributed by atoms with E-state index in [1.54, 1.807) is 0 Å². The molecule has 9 aromatic rings. The van der Waals surface area contributed by atoms with Gasteiger partial charge in [0, 0.05) is 27.8 Å². The lowest BCUT2D eigenvalue weighted by atomic mass is 9.62. The Hall–Kier alpha value is -6.42. The van der Waals surface area contributed by atoms with E-state index in [9.17, 15) is 0 Å². The van der Waals surface area contributed by atoms with Crippen LogP contribution < -0.4 is 15.3 Å². The first-order valence-electron chi connectivity index (χ1n) is 19.0. The van der Waals surface area contributed by atoms with Crippen LogP contribution in [0, 0.1) is 0 Å². The van der Waals surface area contributed by atoms with Crippen molar-refractivity contribution in [2.75, 3.05) is 4.90 Å². The molecule has 3 heterocycles. The Morgan fingerprint density at radius 3 is 1.83 bits per heavy atom. The van der Waals surface area contributed by atoms with Crippen LogP contribution >= 0.6 is 0 Å². The van der Waals surface area contributed by atoms with Gasteiger partial charge in [-0.3, -0.25) is 0 Å². The van der Waals surface area contributed by atoms with Gasteiger partial charge in [0.2, 0.25) is 0 Å². The summed E-state index contributed by atoms with van der Waals surface area (Å²) in [6, 6.07) is 72.4. The zero-order valence-corrected chi connectivity index (χ0v) is 31.4. The molecule has 0 saturated heterocycles. The lowest BCUT2D eigenvalue weighted by Gasteiger charge is -2.50. The lowest BCUT2D eigenvalue weighted by molar-refractivity contribution is 0.732. The first kappa shape index (κ1) is 31.1. The van der Waals surface area contributed by atoms with Crippen LogP contribution in [0.25, 0.3) is 38.6 Å². The molecule has 0 amide bonds. The Morgan fingerprint density at radius 1 is 0.444 bits per heavy atom. The van der Waals surface area contributed by atoms with Crippen LogP contribution in [0.3, 0.4) is 0 Å². The lowest BCUT2D eigenvalue weighted by Crippen LogP contribution is -2.64. The molecule has 0 aliphatic carbocycles. The van der Waals surface area contributed by atoms with E-state index >= 15 is 0 Å². The minimum Gasteiger partial charge on any atom is -0.311 e. The number of hydrogen-bond acceptors (Lipinski definition) is 1. The van der Waals surface area contributed by atoms with Crippen LogP contribution in [-0.2, 0) is 5.41 Å². The van der Waals surface area contributed by atoms with Crippen LogP contribution in [-0.4, -0.2) is 12.6 Å². The van der Waals surface area contributed by atoms with Crippen LogP contribution in [0.4, 0.5) is 17.1 Å². The number of hydrogen-bond donors (Lipinski definition) is 0. The van der Waals surface area contributed by atoms with E-state index in [0.29, 0.717) is 0 Å². The summed E-state index contributed by atoms with van der Waals surface area (Å²) in [6.07, 6.45) is 0. The second kappa shape index (κ2) is 11.5. The fraction of sp³-hybridized carbons (Fsp3) is 0.0588. The minimum atomic E-state index is -2.35. The summed E-state index contributed by atoms with van der Waals surface area (Å²) >= 11 is 0. The molecule has 0 saturated carbocycles. The average molecular weight is 707 g/mol. The zero-order chi connectivity index (χ0) is 36.0. The molecule has 1 spiro atoms. The second-order valence-corrected chi connectivity index (χ2v) is 19.6. The number of aromatic nitrogens is 1. The number of rotatable bonds is 4. The molecular formula is C51H38N2Si. The predicted molar refractivity (Wildman–Crippen MR) is 230 cm³/mol. The number of nitrogens with zero attached hydrogens (tertiary/aromatic N) is 2. The molecule has 0 bridgehead atoms. The topological polar surface area (TPSA) is 8.17 Å². The molecule has 2 aliphatic heterocycles. The van der Waals surface area contributed by atoms with Gasteiger partial charge in [0.15, 0.2) is 0 Å². The Bertz CT molecular complexity index is 2910. The Labute approximate surface area is 317 Å². The molecular weight excluding hydrogens is 669 g/mol. The monoisotopic (exact) mass is 706 g/mol. The third-order valence-corrected chi connectivity index (χ3v) is 15.8. The zero-order valence-electron chi connectivity index (χ0n) is 30.4. The summed E-state index contributed by atoms with van der Waals surface area (Å²) in [6.45, 7) is 5.13. The van der Waals surface area contributed by atoms with Gasteiger partial charge in [0.25, 0.3) is 0 Å². The number of fused-ring (bicyclic) bond motifs is 11. The fourth-order valence-corrected chi connectivity index (χ4v) is 13.6. The molecule has 54 heavy (non-hydrogen) atoms. The van der Waals surface area contributed by atoms with Crippen molar-refractivity contribution < 1.29 is 0 Å². The van der Waals surface area contributed by atoms with E-state index < -0.39 is 13.5 Å². The van der Waals surface area contributed by atoms with Crippen LogP contribution in [0.1, 0.15) is 22.3 Å². The number of para-hydroxylation sites is 4. The van der Waals surface area contributed by atoms with E-state index in [0.717, 1.165) is 11.4 Å². The molecule has 1 aromatic heterocycles. The molecule has 256 valence electrons. The highest BCUT2D eigenvalue weighted by Gasteiger charge is 2.54. The predicted octanol–water partition coefficient (Wildman–Crippen LogP) is 11.8. The van der Waals surface area contributed by atoms with E-state index in [4.69, 9.17) is 0 Å². The van der Waals surface area contributed by atoms with Crippen molar-refractivity contribution in [1.82, 2.24) is 4.57 Å². The summed E-state index contributed by atoms with van der Waals surface area (Å²) in [5.74, 6) is 0. The quantitative estimate of drug-likeness (QED) is 0.165. The third kappa shape index (κ3) is 4.10. The van der Waals surface area contributed by atoms with Crippen molar-refractivity contribution in [3.63, 3.8) is 0 Å². The summed E-state index contributed by atoms with van der Waals surface area (Å²) in [5.41, 5.74) is 14.8. The van der Waals surface area contributed by atoms with Gasteiger partial charge >= 0.3 is 0 Å². The first-order valence-corrected chi connectivity index (χ1v) is 22.0. The van der Waals surface area contributed by atoms with Gasteiger partial charge in [-0.15, -0.1) is 0 Å². The van der Waals surface area contributed by atoms with Crippen molar-refractivity contribution in [2.45, 2.75) is 18.5 Å². The van der Waals surface area contributed by atoms with Crippen molar-refractivity contribution in [1.29, 1.82) is 0 Å². The maximum absolute atomic E-state index is 2.56. The van der Waals surface area contributed by atoms with Gasteiger partial charge in [-0.1, -0.05) is 165 Å². The molecule has 0 fully saturated rings. The Balaban J connectivity index is 1.26. The van der Waals surface area contributed by atoms with E-state index in [1.165, 1.54) is 76.9 Å². The van der Waals surface area contributed by atoms with Gasteiger partial charge in [-0.05, 0) is 86.2 Å². The van der Waals surface area contributed by atoms with Crippen molar-refractivity contribution in [2.24, 2.45) is 0 Å². The van der Waals surface area contributed by atoms with Gasteiger partial charge in [0.1, 0.15) is 8.07 Å². The van der Waals surface area contributed by atoms with E-state index in [1.807, 2.05) is 0 Å². The second-order valence-electron chi connectivity index (χ2n) is 15.3. The van der Waals surface area contributed by atoms with Crippen molar-refractivity contribution in [3.05, 3.63) is 216 Å². The van der Waals surface area contributed by atoms with Crippen LogP contribution in [0.15, 0.2) is 194 Å². The SMILES string of the molecule is C[Si]1(C)c2ccccc2C2(c3ccccc3-n3c4ccccc4c4cccc2c43)c2cccc(N(c3ccccc3)c3ccc(-c4ccccc4)cc3)c21. The molecule has 0 N–H and O–H groups in total. The molecule has 3 heteroatoms. The smallest absolute Gasteiger partial charge is 0.115 e. The van der Waals surface area contributed by atoms with Crippen molar-refractivity contribution in [3.8, 4) is 16.8 Å². The Kier molecular flexibility index (Phi) is 6.65. The number of anilines is 3. The highest BCUT2D eigenvalue weighted by atomic mass is 28.3. The van der Waals surface area contributed by atoms with Gasteiger partial charge in [0.05, 0.1) is 22.1 Å². The third-order valence-electron chi connectivity index (χ3n) is 12.2. The molecule has 8 aromatic carbocycles. The molecule has 11 rings (SSSR count). The summed E-state index contributed by atoms with van der Waals surface area (Å²) in [5, 5.41) is 5.58. The van der Waals surface area contributed by atoms with Crippen molar-refractivity contribution >= 4 is 57.3 Å². The highest BCUT2D eigenvalue weighted by Crippen LogP contribution is 2.56. The summed E-state index contributed by atoms with van der Waals surface area (Å²) in [7, 11) is -2.35. The van der Waals surface area contributed by atoms with Gasteiger partial charge in [-0.2, -0.15) is 0 Å². The molecule has 1 unspecified atom stereocenters. The summed E-state index contributed by atoms with van der Waals surface area (Å²) in [4.78, 5) is 2.51. The van der Waals surface area contributed by atoms with Gasteiger partial charge in [-0.25, -0.2) is 0 Å². The first-order chi connectivity index (χ1) is 26.6. The van der Waals surface area contributed by atoms with Crippen LogP contribution in [0.2, 0.25) is 13.1 Å². The number of benzene rings is 8. The van der Waals surface area contributed by atoms with E-state index in [-0.39, 0.29) is 0 Å². The average Bonchev–Trinajstić information content (AvgIpc) is 3.57. The minimum absolute atomic E-state index is 0.523. The Morgan fingerprint density at radius 2 is 1.02 bits per heavy atom. The molecule has 2 nitrogen and oxygen atoms in total. The summed E-state index contributed by atoms with van der Waals surface area (Å²) < 4.78 is 2.54. The normalized spacial score (nSPS) is 16.2. The van der Waals surface area contributed by atoms with Crippen LogP contribution in [0.5, 0.6) is 0 Å². The standard InChI is InChI=1S/C51H38N2Si/c1-54(2)48-30-14-11-24-42(48)51(41-23-10-13-28-46(41)53-45-27-12-9-21-39(45)40-22-15-25-43(51)49(40)53)44-26-16-29-47(50(44)54)52(37-19-7-4-8-20-37)38-33-31-36(32-34-38)35-17-5-3-6-18-35/h3-34H,1-2H3. The molecule has 0 radical (unpaired) electrons. The molecule has 2 aliphatic rings. The highest BCUT2D eigenvalue weighted by molar-refractivity contribution is 7.02. The van der Waals surface area contributed by atoms with Gasteiger partial charge < -0.3 is 9.47 Å².